The van der Waals surface area contributed by atoms with Crippen LogP contribution in [-0.2, 0) is 4.74 Å². The van der Waals surface area contributed by atoms with Gasteiger partial charge < -0.3 is 10.1 Å². The Morgan fingerprint density at radius 2 is 2.20 bits per heavy atom. The summed E-state index contributed by atoms with van der Waals surface area (Å²) in [5, 5.41) is 3.46. The van der Waals surface area contributed by atoms with Crippen molar-refractivity contribution in [1.29, 1.82) is 0 Å². The van der Waals surface area contributed by atoms with Gasteiger partial charge >= 0.3 is 0 Å². The van der Waals surface area contributed by atoms with E-state index in [9.17, 15) is 0 Å². The summed E-state index contributed by atoms with van der Waals surface area (Å²) in [6, 6.07) is 0.624. The van der Waals surface area contributed by atoms with Crippen molar-refractivity contribution < 1.29 is 4.74 Å². The Morgan fingerprint density at radius 1 is 1.40 bits per heavy atom. The molecule has 0 saturated heterocycles. The first-order valence-electron chi connectivity index (χ1n) is 6.57. The summed E-state index contributed by atoms with van der Waals surface area (Å²) in [6.45, 7) is 8.65. The topological polar surface area (TPSA) is 21.3 Å². The highest BCUT2D eigenvalue weighted by Gasteiger charge is 2.18. The van der Waals surface area contributed by atoms with E-state index in [1.807, 2.05) is 0 Å². The lowest BCUT2D eigenvalue weighted by Crippen LogP contribution is -2.31. The lowest BCUT2D eigenvalue weighted by atomic mass is 9.89. The standard InChI is InChI=1S/C13H27NO/c1-4-12(3)14-8-9-15-13-7-5-6-11(2)10-13/h11-14H,4-10H2,1-3H3. The van der Waals surface area contributed by atoms with Crippen molar-refractivity contribution >= 4 is 0 Å². The van der Waals surface area contributed by atoms with Gasteiger partial charge in [0.2, 0.25) is 0 Å². The molecule has 15 heavy (non-hydrogen) atoms. The number of hydrogen-bond donors (Lipinski definition) is 1. The molecule has 0 amide bonds. The van der Waals surface area contributed by atoms with E-state index in [-0.39, 0.29) is 0 Å². The fourth-order valence-electron chi connectivity index (χ4n) is 2.21. The molecule has 2 nitrogen and oxygen atoms in total. The highest BCUT2D eigenvalue weighted by molar-refractivity contribution is 4.70. The average molecular weight is 213 g/mol. The third-order valence-corrected chi connectivity index (χ3v) is 3.45. The van der Waals surface area contributed by atoms with Gasteiger partial charge in [-0.2, -0.15) is 0 Å². The van der Waals surface area contributed by atoms with E-state index in [1.54, 1.807) is 0 Å². The number of nitrogens with one attached hydrogen (secondary N) is 1. The molecule has 0 bridgehead atoms. The molecule has 1 rings (SSSR count). The molecule has 0 aromatic rings. The smallest absolute Gasteiger partial charge is 0.0594 e. The molecule has 0 aromatic carbocycles. The SMILES string of the molecule is CCC(C)NCCOC1CCCC(C)C1. The van der Waals surface area contributed by atoms with Crippen LogP contribution in [0.2, 0.25) is 0 Å². The minimum Gasteiger partial charge on any atom is -0.377 e. The Labute approximate surface area is 94.8 Å². The van der Waals surface area contributed by atoms with Crippen molar-refractivity contribution in [3.05, 3.63) is 0 Å². The van der Waals surface area contributed by atoms with E-state index < -0.39 is 0 Å². The van der Waals surface area contributed by atoms with Crippen LogP contribution in [0.1, 0.15) is 52.9 Å². The van der Waals surface area contributed by atoms with Crippen molar-refractivity contribution in [1.82, 2.24) is 5.32 Å². The fourth-order valence-corrected chi connectivity index (χ4v) is 2.21. The van der Waals surface area contributed by atoms with E-state index in [0.29, 0.717) is 12.1 Å². The van der Waals surface area contributed by atoms with Gasteiger partial charge in [-0.15, -0.1) is 0 Å². The maximum absolute atomic E-state index is 5.89. The fraction of sp³-hybridized carbons (Fsp3) is 1.00. The van der Waals surface area contributed by atoms with E-state index in [0.717, 1.165) is 19.1 Å². The van der Waals surface area contributed by atoms with E-state index in [4.69, 9.17) is 4.74 Å². The van der Waals surface area contributed by atoms with Gasteiger partial charge in [0.1, 0.15) is 0 Å². The Bertz CT molecular complexity index is 161. The normalized spacial score (nSPS) is 29.0. The Balaban J connectivity index is 1.99. The van der Waals surface area contributed by atoms with Crippen LogP contribution >= 0.6 is 0 Å². The highest BCUT2D eigenvalue weighted by atomic mass is 16.5. The third-order valence-electron chi connectivity index (χ3n) is 3.45. The summed E-state index contributed by atoms with van der Waals surface area (Å²) in [4.78, 5) is 0. The molecule has 0 spiro atoms. The maximum Gasteiger partial charge on any atom is 0.0594 e. The second-order valence-electron chi connectivity index (χ2n) is 5.03. The maximum atomic E-state index is 5.89. The Hall–Kier alpha value is -0.0800. The zero-order valence-corrected chi connectivity index (χ0v) is 10.6. The molecular formula is C13H27NO. The molecular weight excluding hydrogens is 186 g/mol. The Morgan fingerprint density at radius 3 is 2.87 bits per heavy atom. The molecule has 1 saturated carbocycles. The van der Waals surface area contributed by atoms with Crippen LogP contribution in [0.4, 0.5) is 0 Å². The van der Waals surface area contributed by atoms with Gasteiger partial charge in [-0.1, -0.05) is 26.7 Å². The minimum absolute atomic E-state index is 0.535. The largest absolute Gasteiger partial charge is 0.377 e. The Kier molecular flexibility index (Phi) is 6.26. The second kappa shape index (κ2) is 7.24. The van der Waals surface area contributed by atoms with Crippen LogP contribution in [0, 0.1) is 5.92 Å². The van der Waals surface area contributed by atoms with Gasteiger partial charge in [0.05, 0.1) is 12.7 Å². The number of rotatable bonds is 6. The zero-order chi connectivity index (χ0) is 11.1. The summed E-state index contributed by atoms with van der Waals surface area (Å²) in [6.07, 6.45) is 7.01. The highest BCUT2D eigenvalue weighted by Crippen LogP contribution is 2.25. The molecule has 0 aliphatic heterocycles. The summed E-state index contributed by atoms with van der Waals surface area (Å²) >= 11 is 0. The predicted octanol–water partition coefficient (Wildman–Crippen LogP) is 2.97. The summed E-state index contributed by atoms with van der Waals surface area (Å²) < 4.78 is 5.89. The molecule has 0 radical (unpaired) electrons. The molecule has 90 valence electrons. The van der Waals surface area contributed by atoms with Crippen LogP contribution in [0.15, 0.2) is 0 Å². The lowest BCUT2D eigenvalue weighted by molar-refractivity contribution is 0.0167. The van der Waals surface area contributed by atoms with E-state index in [2.05, 4.69) is 26.1 Å². The number of ether oxygens (including phenoxy) is 1. The minimum atomic E-state index is 0.535. The van der Waals surface area contributed by atoms with Gasteiger partial charge in [-0.25, -0.2) is 0 Å². The van der Waals surface area contributed by atoms with Gasteiger partial charge in [-0.05, 0) is 32.1 Å². The first kappa shape index (κ1) is 13.0. The lowest BCUT2D eigenvalue weighted by Gasteiger charge is -2.27. The second-order valence-corrected chi connectivity index (χ2v) is 5.03. The quantitative estimate of drug-likeness (QED) is 0.685. The van der Waals surface area contributed by atoms with E-state index in [1.165, 1.54) is 32.1 Å². The van der Waals surface area contributed by atoms with Gasteiger partial charge in [0, 0.05) is 12.6 Å². The van der Waals surface area contributed by atoms with Crippen LogP contribution in [0.3, 0.4) is 0 Å². The average Bonchev–Trinajstić information content (AvgIpc) is 2.24. The molecule has 1 aliphatic carbocycles. The van der Waals surface area contributed by atoms with Crippen molar-refractivity contribution in [3.63, 3.8) is 0 Å². The van der Waals surface area contributed by atoms with Crippen LogP contribution in [0.25, 0.3) is 0 Å². The molecule has 3 unspecified atom stereocenters. The molecule has 0 aromatic heterocycles. The summed E-state index contributed by atoms with van der Waals surface area (Å²) in [5.74, 6) is 0.867. The number of hydrogen-bond acceptors (Lipinski definition) is 2. The van der Waals surface area contributed by atoms with Crippen molar-refractivity contribution in [2.75, 3.05) is 13.2 Å². The first-order valence-corrected chi connectivity index (χ1v) is 6.57. The van der Waals surface area contributed by atoms with Crippen LogP contribution < -0.4 is 5.32 Å². The summed E-state index contributed by atoms with van der Waals surface area (Å²) in [5.41, 5.74) is 0. The van der Waals surface area contributed by atoms with Gasteiger partial charge in [0.15, 0.2) is 0 Å². The summed E-state index contributed by atoms with van der Waals surface area (Å²) in [7, 11) is 0. The zero-order valence-electron chi connectivity index (χ0n) is 10.6. The van der Waals surface area contributed by atoms with E-state index >= 15 is 0 Å². The first-order chi connectivity index (χ1) is 7.22. The molecule has 0 heterocycles. The third kappa shape index (κ3) is 5.53. The molecule has 2 heteroatoms. The molecule has 3 atom stereocenters. The van der Waals surface area contributed by atoms with Crippen molar-refractivity contribution in [2.24, 2.45) is 5.92 Å². The van der Waals surface area contributed by atoms with Crippen molar-refractivity contribution in [2.45, 2.75) is 65.0 Å². The molecule has 1 fully saturated rings. The van der Waals surface area contributed by atoms with Gasteiger partial charge in [0.25, 0.3) is 0 Å². The van der Waals surface area contributed by atoms with Crippen molar-refractivity contribution in [3.8, 4) is 0 Å². The van der Waals surface area contributed by atoms with Crippen LogP contribution in [0.5, 0.6) is 0 Å². The monoisotopic (exact) mass is 213 g/mol. The molecule has 1 N–H and O–H groups in total. The van der Waals surface area contributed by atoms with Gasteiger partial charge in [-0.3, -0.25) is 0 Å². The predicted molar refractivity (Wildman–Crippen MR) is 65.1 cm³/mol. The van der Waals surface area contributed by atoms with Crippen LogP contribution in [-0.4, -0.2) is 25.3 Å². The molecule has 1 aliphatic rings.